The first-order valence-corrected chi connectivity index (χ1v) is 9.04. The minimum atomic E-state index is -0.0851. The SMILES string of the molecule is Cc1c(C(=O)N2CCc3oc(C4CCOC4)nc3C2)oc2ccccc12. The number of furan rings is 1. The summed E-state index contributed by atoms with van der Waals surface area (Å²) < 4.78 is 17.2. The number of fused-ring (bicyclic) bond motifs is 2. The molecular formula is C20H20N2O4. The van der Waals surface area contributed by atoms with E-state index in [1.807, 2.05) is 31.2 Å². The van der Waals surface area contributed by atoms with Gasteiger partial charge in [0.25, 0.3) is 5.91 Å². The maximum atomic E-state index is 13.0. The lowest BCUT2D eigenvalue weighted by Gasteiger charge is -2.24. The zero-order valence-corrected chi connectivity index (χ0v) is 14.7. The van der Waals surface area contributed by atoms with Crippen molar-refractivity contribution in [1.29, 1.82) is 0 Å². The topological polar surface area (TPSA) is 68.7 Å². The smallest absolute Gasteiger partial charge is 0.290 e. The van der Waals surface area contributed by atoms with E-state index in [9.17, 15) is 4.79 Å². The van der Waals surface area contributed by atoms with Crippen LogP contribution in [0.3, 0.4) is 0 Å². The molecule has 4 heterocycles. The van der Waals surface area contributed by atoms with Gasteiger partial charge in [0.1, 0.15) is 17.0 Å². The van der Waals surface area contributed by atoms with Gasteiger partial charge in [0.15, 0.2) is 11.7 Å². The number of benzene rings is 1. The second kappa shape index (κ2) is 5.99. The van der Waals surface area contributed by atoms with Crippen molar-refractivity contribution in [3.05, 3.63) is 52.9 Å². The van der Waals surface area contributed by atoms with Crippen LogP contribution in [0.15, 0.2) is 33.1 Å². The number of ether oxygens (including phenoxy) is 1. The molecule has 2 aliphatic rings. The molecule has 0 saturated carbocycles. The molecule has 0 bridgehead atoms. The van der Waals surface area contributed by atoms with E-state index in [4.69, 9.17) is 13.6 Å². The maximum absolute atomic E-state index is 13.0. The van der Waals surface area contributed by atoms with Gasteiger partial charge >= 0.3 is 0 Å². The summed E-state index contributed by atoms with van der Waals surface area (Å²) in [6, 6.07) is 7.74. The Morgan fingerprint density at radius 1 is 1.27 bits per heavy atom. The largest absolute Gasteiger partial charge is 0.451 e. The van der Waals surface area contributed by atoms with Gasteiger partial charge in [-0.25, -0.2) is 4.98 Å². The van der Waals surface area contributed by atoms with Crippen LogP contribution in [0.2, 0.25) is 0 Å². The van der Waals surface area contributed by atoms with Crippen LogP contribution < -0.4 is 0 Å². The van der Waals surface area contributed by atoms with E-state index in [2.05, 4.69) is 4.98 Å². The average Bonchev–Trinajstić information content (AvgIpc) is 3.39. The lowest BCUT2D eigenvalue weighted by Crippen LogP contribution is -2.35. The lowest BCUT2D eigenvalue weighted by atomic mass is 10.1. The molecule has 6 nitrogen and oxygen atoms in total. The number of hydrogen-bond acceptors (Lipinski definition) is 5. The van der Waals surface area contributed by atoms with Gasteiger partial charge in [-0.05, 0) is 19.4 Å². The Hall–Kier alpha value is -2.60. The number of aryl methyl sites for hydroxylation is 1. The van der Waals surface area contributed by atoms with Crippen molar-refractivity contribution in [3.63, 3.8) is 0 Å². The van der Waals surface area contributed by atoms with E-state index in [1.54, 1.807) is 4.90 Å². The van der Waals surface area contributed by atoms with Crippen LogP contribution in [0.25, 0.3) is 11.0 Å². The summed E-state index contributed by atoms with van der Waals surface area (Å²) >= 11 is 0. The Kier molecular flexibility index (Phi) is 3.60. The third kappa shape index (κ3) is 2.44. The number of oxazole rings is 1. The molecule has 1 atom stereocenters. The third-order valence-corrected chi connectivity index (χ3v) is 5.35. The predicted molar refractivity (Wildman–Crippen MR) is 94.1 cm³/mol. The molecule has 1 unspecified atom stereocenters. The fourth-order valence-electron chi connectivity index (χ4n) is 3.82. The first kappa shape index (κ1) is 15.6. The van der Waals surface area contributed by atoms with E-state index < -0.39 is 0 Å². The summed E-state index contributed by atoms with van der Waals surface area (Å²) in [6.07, 6.45) is 1.63. The van der Waals surface area contributed by atoms with Crippen molar-refractivity contribution >= 4 is 16.9 Å². The number of carbonyl (C=O) groups excluding carboxylic acids is 1. The van der Waals surface area contributed by atoms with Gasteiger partial charge in [-0.2, -0.15) is 0 Å². The fraction of sp³-hybridized carbons (Fsp3) is 0.400. The second-order valence-corrected chi connectivity index (χ2v) is 7.01. The Balaban J connectivity index is 1.41. The van der Waals surface area contributed by atoms with Crippen LogP contribution in [-0.2, 0) is 17.7 Å². The first-order valence-electron chi connectivity index (χ1n) is 9.04. The predicted octanol–water partition coefficient (Wildman–Crippen LogP) is 3.43. The molecule has 3 aromatic rings. The Labute approximate surface area is 150 Å². The number of para-hydroxylation sites is 1. The summed E-state index contributed by atoms with van der Waals surface area (Å²) in [5, 5.41) is 0.985. The standard InChI is InChI=1S/C20H20N2O4/c1-12-14-4-2-3-5-16(14)25-18(12)20(23)22-8-6-17-15(10-22)21-19(26-17)13-7-9-24-11-13/h2-5,13H,6-11H2,1H3. The number of aromatic nitrogens is 1. The minimum Gasteiger partial charge on any atom is -0.451 e. The number of amides is 1. The van der Waals surface area contributed by atoms with Crippen molar-refractivity contribution in [2.75, 3.05) is 19.8 Å². The normalized spacial score (nSPS) is 19.9. The molecule has 2 aromatic heterocycles. The Morgan fingerprint density at radius 2 is 2.15 bits per heavy atom. The van der Waals surface area contributed by atoms with Gasteiger partial charge in [-0.15, -0.1) is 0 Å². The highest BCUT2D eigenvalue weighted by molar-refractivity contribution is 5.98. The van der Waals surface area contributed by atoms with E-state index in [-0.39, 0.29) is 11.8 Å². The molecule has 0 aliphatic carbocycles. The van der Waals surface area contributed by atoms with E-state index in [0.29, 0.717) is 31.9 Å². The summed E-state index contributed by atoms with van der Waals surface area (Å²) in [5.41, 5.74) is 2.50. The monoisotopic (exact) mass is 352 g/mol. The summed E-state index contributed by atoms with van der Waals surface area (Å²) in [4.78, 5) is 19.5. The molecule has 0 radical (unpaired) electrons. The summed E-state index contributed by atoms with van der Waals surface area (Å²) in [5.74, 6) is 2.22. The minimum absolute atomic E-state index is 0.0851. The van der Waals surface area contributed by atoms with Gasteiger partial charge in [0.2, 0.25) is 0 Å². The highest BCUT2D eigenvalue weighted by atomic mass is 16.5. The number of carbonyl (C=O) groups is 1. The fourth-order valence-corrected chi connectivity index (χ4v) is 3.82. The van der Waals surface area contributed by atoms with Crippen LogP contribution in [0.4, 0.5) is 0 Å². The molecule has 1 amide bonds. The molecule has 134 valence electrons. The van der Waals surface area contributed by atoms with Gasteiger partial charge < -0.3 is 18.5 Å². The van der Waals surface area contributed by atoms with Crippen LogP contribution in [0.1, 0.15) is 45.8 Å². The van der Waals surface area contributed by atoms with Gasteiger partial charge in [-0.1, -0.05) is 18.2 Å². The number of rotatable bonds is 2. The first-order chi connectivity index (χ1) is 12.7. The molecule has 1 aromatic carbocycles. The van der Waals surface area contributed by atoms with Crippen LogP contribution in [0.5, 0.6) is 0 Å². The molecule has 0 N–H and O–H groups in total. The molecule has 1 fully saturated rings. The molecule has 26 heavy (non-hydrogen) atoms. The van der Waals surface area contributed by atoms with E-state index in [0.717, 1.165) is 46.9 Å². The quantitative estimate of drug-likeness (QED) is 0.707. The van der Waals surface area contributed by atoms with Crippen molar-refractivity contribution in [2.45, 2.75) is 32.2 Å². The van der Waals surface area contributed by atoms with Crippen LogP contribution >= 0.6 is 0 Å². The Bertz CT molecular complexity index is 981. The van der Waals surface area contributed by atoms with Crippen molar-refractivity contribution in [3.8, 4) is 0 Å². The molecule has 0 spiro atoms. The zero-order chi connectivity index (χ0) is 17.7. The third-order valence-electron chi connectivity index (χ3n) is 5.35. The number of nitrogens with zero attached hydrogens (tertiary/aromatic N) is 2. The highest BCUT2D eigenvalue weighted by Crippen LogP contribution is 2.31. The molecule has 2 aliphatic heterocycles. The Morgan fingerprint density at radius 3 is 2.96 bits per heavy atom. The van der Waals surface area contributed by atoms with Crippen LogP contribution in [0, 0.1) is 6.92 Å². The van der Waals surface area contributed by atoms with Crippen molar-refractivity contribution in [1.82, 2.24) is 9.88 Å². The maximum Gasteiger partial charge on any atom is 0.290 e. The van der Waals surface area contributed by atoms with Gasteiger partial charge in [-0.3, -0.25) is 4.79 Å². The number of hydrogen-bond donors (Lipinski definition) is 0. The molecular weight excluding hydrogens is 332 g/mol. The van der Waals surface area contributed by atoms with Gasteiger partial charge in [0.05, 0.1) is 19.1 Å². The average molecular weight is 352 g/mol. The summed E-state index contributed by atoms with van der Waals surface area (Å²) in [7, 11) is 0. The van der Waals surface area contributed by atoms with Gasteiger partial charge in [0, 0.05) is 30.5 Å². The lowest BCUT2D eigenvalue weighted by molar-refractivity contribution is 0.0697. The highest BCUT2D eigenvalue weighted by Gasteiger charge is 2.31. The molecule has 6 heteroatoms. The van der Waals surface area contributed by atoms with Crippen molar-refractivity contribution in [2.24, 2.45) is 0 Å². The van der Waals surface area contributed by atoms with E-state index in [1.165, 1.54) is 0 Å². The molecule has 1 saturated heterocycles. The zero-order valence-electron chi connectivity index (χ0n) is 14.7. The van der Waals surface area contributed by atoms with Crippen molar-refractivity contribution < 1.29 is 18.4 Å². The summed E-state index contributed by atoms with van der Waals surface area (Å²) in [6.45, 7) is 4.43. The van der Waals surface area contributed by atoms with Crippen LogP contribution in [-0.4, -0.2) is 35.5 Å². The molecule has 5 rings (SSSR count). The second-order valence-electron chi connectivity index (χ2n) is 7.01. The van der Waals surface area contributed by atoms with E-state index >= 15 is 0 Å².